The van der Waals surface area contributed by atoms with E-state index in [1.165, 1.54) is 0 Å². The van der Waals surface area contributed by atoms with Crippen LogP contribution in [-0.2, 0) is 10.6 Å². The molecule has 1 rings (SSSR count). The van der Waals surface area contributed by atoms with Crippen LogP contribution in [0.4, 0.5) is 4.39 Å². The van der Waals surface area contributed by atoms with Crippen molar-refractivity contribution in [1.82, 2.24) is 0 Å². The molecule has 0 N–H and O–H groups in total. The zero-order valence-corrected chi connectivity index (χ0v) is 9.34. The van der Waals surface area contributed by atoms with E-state index in [0.717, 1.165) is 12.1 Å². The van der Waals surface area contributed by atoms with E-state index in [4.69, 9.17) is 16.9 Å². The first-order valence-electron chi connectivity index (χ1n) is 4.59. The van der Waals surface area contributed by atoms with E-state index in [1.807, 2.05) is 6.07 Å². The second kappa shape index (κ2) is 5.47. The average molecular weight is 242 g/mol. The zero-order valence-electron chi connectivity index (χ0n) is 8.59. The first-order valence-corrected chi connectivity index (χ1v) is 5.13. The molecule has 0 aliphatic carbocycles. The normalized spacial score (nSPS) is 9.62. The number of esters is 1. The third kappa shape index (κ3) is 2.50. The summed E-state index contributed by atoms with van der Waals surface area (Å²) in [6.45, 7) is 1.77. The minimum absolute atomic E-state index is 0.0168. The lowest BCUT2D eigenvalue weighted by molar-refractivity contribution is 0.0521. The molecule has 3 nitrogen and oxygen atoms in total. The van der Waals surface area contributed by atoms with Gasteiger partial charge in [0.15, 0.2) is 0 Å². The van der Waals surface area contributed by atoms with Gasteiger partial charge in [0.1, 0.15) is 5.82 Å². The summed E-state index contributed by atoms with van der Waals surface area (Å²) in [5, 5.41) is 8.79. The fourth-order valence-electron chi connectivity index (χ4n) is 1.19. The fourth-order valence-corrected chi connectivity index (χ4v) is 1.42. The Morgan fingerprint density at radius 1 is 1.62 bits per heavy atom. The molecule has 0 heterocycles. The molecule has 0 amide bonds. The molecule has 84 valence electrons. The Morgan fingerprint density at radius 2 is 2.31 bits per heavy atom. The van der Waals surface area contributed by atoms with E-state index in [2.05, 4.69) is 4.74 Å². The molecule has 1 aromatic rings. The van der Waals surface area contributed by atoms with Crippen LogP contribution in [-0.4, -0.2) is 12.6 Å². The van der Waals surface area contributed by atoms with Crippen LogP contribution in [0, 0.1) is 17.1 Å². The maximum absolute atomic E-state index is 13.5. The number of alkyl halides is 1. The fraction of sp³-hybridized carbons (Fsp3) is 0.273. The predicted octanol–water partition coefficient (Wildman–Crippen LogP) is 2.61. The van der Waals surface area contributed by atoms with Gasteiger partial charge in [0, 0.05) is 5.88 Å². The van der Waals surface area contributed by atoms with Crippen LogP contribution in [0.25, 0.3) is 0 Å². The number of ether oxygens (including phenoxy) is 1. The van der Waals surface area contributed by atoms with E-state index in [1.54, 1.807) is 6.92 Å². The van der Waals surface area contributed by atoms with Crippen LogP contribution in [0.1, 0.15) is 28.4 Å². The molecule has 0 fully saturated rings. The van der Waals surface area contributed by atoms with Crippen LogP contribution in [0.2, 0.25) is 0 Å². The van der Waals surface area contributed by atoms with Gasteiger partial charge in [0.05, 0.1) is 23.8 Å². The Hall–Kier alpha value is -1.60. The lowest BCUT2D eigenvalue weighted by atomic mass is 10.1. The minimum atomic E-state index is -0.780. The van der Waals surface area contributed by atoms with Crippen molar-refractivity contribution >= 4 is 17.6 Å². The number of carbonyl (C=O) groups excluding carboxylic acids is 1. The van der Waals surface area contributed by atoms with Crippen LogP contribution in [0.15, 0.2) is 12.1 Å². The van der Waals surface area contributed by atoms with Gasteiger partial charge in [-0.1, -0.05) is 0 Å². The molecule has 0 unspecified atom stereocenters. The summed E-state index contributed by atoms with van der Waals surface area (Å²) in [6.07, 6.45) is 0. The number of benzene rings is 1. The smallest absolute Gasteiger partial charge is 0.341 e. The number of hydrogen-bond acceptors (Lipinski definition) is 3. The molecular weight excluding hydrogens is 233 g/mol. The van der Waals surface area contributed by atoms with Crippen molar-refractivity contribution in [2.75, 3.05) is 6.61 Å². The second-order valence-electron chi connectivity index (χ2n) is 2.96. The average Bonchev–Trinajstić information content (AvgIpc) is 2.28. The molecule has 0 saturated carbocycles. The highest BCUT2D eigenvalue weighted by molar-refractivity contribution is 6.17. The van der Waals surface area contributed by atoms with Gasteiger partial charge < -0.3 is 4.74 Å². The van der Waals surface area contributed by atoms with Crippen molar-refractivity contribution < 1.29 is 13.9 Å². The summed E-state index contributed by atoms with van der Waals surface area (Å²) in [5.41, 5.74) is 0.293. The van der Waals surface area contributed by atoms with Gasteiger partial charge in [0.2, 0.25) is 0 Å². The van der Waals surface area contributed by atoms with Gasteiger partial charge in [-0.2, -0.15) is 5.26 Å². The van der Waals surface area contributed by atoms with Crippen molar-refractivity contribution in [1.29, 1.82) is 5.26 Å². The lowest BCUT2D eigenvalue weighted by Gasteiger charge is -2.06. The molecule has 0 atom stereocenters. The van der Waals surface area contributed by atoms with E-state index >= 15 is 0 Å². The summed E-state index contributed by atoms with van der Waals surface area (Å²) < 4.78 is 18.1. The van der Waals surface area contributed by atoms with Crippen LogP contribution < -0.4 is 0 Å². The molecule has 1 aromatic carbocycles. The Balaban J connectivity index is 3.22. The van der Waals surface area contributed by atoms with E-state index in [0.29, 0.717) is 5.56 Å². The highest BCUT2D eigenvalue weighted by atomic mass is 35.5. The molecule has 0 bridgehead atoms. The Morgan fingerprint density at radius 3 is 2.81 bits per heavy atom. The highest BCUT2D eigenvalue weighted by Gasteiger charge is 2.16. The summed E-state index contributed by atoms with van der Waals surface area (Å²) in [4.78, 5) is 11.3. The van der Waals surface area contributed by atoms with Crippen molar-refractivity contribution in [2.24, 2.45) is 0 Å². The maximum Gasteiger partial charge on any atom is 0.341 e. The second-order valence-corrected chi connectivity index (χ2v) is 3.22. The molecule has 5 heteroatoms. The molecule has 0 aliphatic heterocycles. The summed E-state index contributed by atoms with van der Waals surface area (Å²) in [7, 11) is 0. The molecule has 0 aromatic heterocycles. The lowest BCUT2D eigenvalue weighted by Crippen LogP contribution is -2.08. The first-order chi connectivity index (χ1) is 7.63. The topological polar surface area (TPSA) is 50.1 Å². The third-order valence-electron chi connectivity index (χ3n) is 1.95. The number of carbonyl (C=O) groups is 1. The maximum atomic E-state index is 13.5. The van der Waals surface area contributed by atoms with Crippen molar-refractivity contribution in [2.45, 2.75) is 12.8 Å². The highest BCUT2D eigenvalue weighted by Crippen LogP contribution is 2.18. The minimum Gasteiger partial charge on any atom is -0.462 e. The van der Waals surface area contributed by atoms with Crippen LogP contribution >= 0.6 is 11.6 Å². The van der Waals surface area contributed by atoms with E-state index < -0.39 is 11.8 Å². The molecular formula is C11H9ClFNO2. The number of halogens is 2. The Kier molecular flexibility index (Phi) is 4.27. The van der Waals surface area contributed by atoms with Gasteiger partial charge in [-0.25, -0.2) is 9.18 Å². The molecule has 0 saturated heterocycles. The largest absolute Gasteiger partial charge is 0.462 e. The van der Waals surface area contributed by atoms with Crippen molar-refractivity contribution in [3.05, 3.63) is 34.6 Å². The monoisotopic (exact) mass is 241 g/mol. The summed E-state index contributed by atoms with van der Waals surface area (Å²) in [5.74, 6) is -1.49. The zero-order chi connectivity index (χ0) is 12.1. The summed E-state index contributed by atoms with van der Waals surface area (Å²) >= 11 is 5.54. The van der Waals surface area contributed by atoms with Gasteiger partial charge in [-0.05, 0) is 24.6 Å². The number of rotatable bonds is 3. The number of nitrogens with zero attached hydrogens (tertiary/aromatic N) is 1. The SMILES string of the molecule is CCOC(=O)c1cc(C#N)c(CCl)cc1F. The van der Waals surface area contributed by atoms with E-state index in [-0.39, 0.29) is 23.6 Å². The molecule has 0 radical (unpaired) electrons. The predicted molar refractivity (Wildman–Crippen MR) is 56.6 cm³/mol. The Bertz CT molecular complexity index is 454. The van der Waals surface area contributed by atoms with Gasteiger partial charge in [-0.3, -0.25) is 0 Å². The molecule has 16 heavy (non-hydrogen) atoms. The van der Waals surface area contributed by atoms with Gasteiger partial charge in [-0.15, -0.1) is 11.6 Å². The number of hydrogen-bond donors (Lipinski definition) is 0. The van der Waals surface area contributed by atoms with Crippen LogP contribution in [0.3, 0.4) is 0 Å². The Labute approximate surface area is 97.4 Å². The van der Waals surface area contributed by atoms with Crippen LogP contribution in [0.5, 0.6) is 0 Å². The quantitative estimate of drug-likeness (QED) is 0.604. The third-order valence-corrected chi connectivity index (χ3v) is 2.24. The van der Waals surface area contributed by atoms with Crippen molar-refractivity contribution in [3.8, 4) is 6.07 Å². The van der Waals surface area contributed by atoms with Crippen molar-refractivity contribution in [3.63, 3.8) is 0 Å². The van der Waals surface area contributed by atoms with E-state index in [9.17, 15) is 9.18 Å². The number of nitriles is 1. The summed E-state index contributed by atoms with van der Waals surface area (Å²) in [6, 6.07) is 4.09. The first kappa shape index (κ1) is 12.5. The van der Waals surface area contributed by atoms with Gasteiger partial charge >= 0.3 is 5.97 Å². The molecule has 0 aliphatic rings. The van der Waals surface area contributed by atoms with Gasteiger partial charge in [0.25, 0.3) is 0 Å². The standard InChI is InChI=1S/C11H9ClFNO2/c1-2-16-11(15)9-3-8(6-14)7(5-12)4-10(9)13/h3-4H,2,5H2,1H3. The molecule has 0 spiro atoms.